The Morgan fingerprint density at radius 3 is 2.80 bits per heavy atom. The minimum absolute atomic E-state index is 0.339. The molecule has 0 heterocycles. The van der Waals surface area contributed by atoms with Crippen LogP contribution < -0.4 is 5.32 Å². The van der Waals surface area contributed by atoms with E-state index in [-0.39, 0.29) is 0 Å². The zero-order valence-electron chi connectivity index (χ0n) is 12.9. The molecule has 0 saturated heterocycles. The molecule has 0 aliphatic carbocycles. The van der Waals surface area contributed by atoms with Gasteiger partial charge in [0.1, 0.15) is 0 Å². The van der Waals surface area contributed by atoms with Gasteiger partial charge in [-0.05, 0) is 51.6 Å². The van der Waals surface area contributed by atoms with Crippen molar-refractivity contribution in [3.8, 4) is 0 Å². The first-order valence-corrected chi connectivity index (χ1v) is 8.12. The number of halogens is 1. The highest BCUT2D eigenvalue weighted by Gasteiger charge is 2.00. The van der Waals surface area contributed by atoms with Crippen molar-refractivity contribution in [1.29, 1.82) is 0 Å². The van der Waals surface area contributed by atoms with Crippen LogP contribution in [0.25, 0.3) is 0 Å². The summed E-state index contributed by atoms with van der Waals surface area (Å²) in [4.78, 5) is 2.33. The molecule has 1 N–H and O–H groups in total. The van der Waals surface area contributed by atoms with E-state index in [2.05, 4.69) is 71.3 Å². The molecule has 20 heavy (non-hydrogen) atoms. The number of rotatable bonds is 10. The minimum atomic E-state index is 0.339. The van der Waals surface area contributed by atoms with Gasteiger partial charge in [-0.3, -0.25) is 0 Å². The normalized spacial score (nSPS) is 11.5. The van der Waals surface area contributed by atoms with E-state index < -0.39 is 0 Å². The summed E-state index contributed by atoms with van der Waals surface area (Å²) < 4.78 is 6.65. The van der Waals surface area contributed by atoms with Crippen LogP contribution in [0.15, 0.2) is 28.7 Å². The third-order valence-corrected chi connectivity index (χ3v) is 3.45. The Morgan fingerprint density at radius 2 is 2.10 bits per heavy atom. The van der Waals surface area contributed by atoms with Crippen LogP contribution in [0.3, 0.4) is 0 Å². The van der Waals surface area contributed by atoms with Crippen LogP contribution in [-0.4, -0.2) is 44.3 Å². The summed E-state index contributed by atoms with van der Waals surface area (Å²) in [5, 5.41) is 3.46. The molecule has 114 valence electrons. The summed E-state index contributed by atoms with van der Waals surface area (Å²) in [7, 11) is 2.16. The monoisotopic (exact) mass is 342 g/mol. The van der Waals surface area contributed by atoms with Gasteiger partial charge in [0.25, 0.3) is 0 Å². The zero-order chi connectivity index (χ0) is 14.8. The Hall–Kier alpha value is -0.420. The van der Waals surface area contributed by atoms with Gasteiger partial charge in [0.05, 0.1) is 6.10 Å². The fourth-order valence-electron chi connectivity index (χ4n) is 1.94. The molecular weight excluding hydrogens is 316 g/mol. The molecule has 3 nitrogen and oxygen atoms in total. The molecule has 0 aromatic heterocycles. The van der Waals surface area contributed by atoms with Crippen LogP contribution in [-0.2, 0) is 11.3 Å². The van der Waals surface area contributed by atoms with Gasteiger partial charge in [0.2, 0.25) is 0 Å². The van der Waals surface area contributed by atoms with Gasteiger partial charge in [0.15, 0.2) is 0 Å². The van der Waals surface area contributed by atoms with E-state index in [1.165, 1.54) is 5.56 Å². The molecule has 0 bridgehead atoms. The molecule has 0 radical (unpaired) electrons. The highest BCUT2D eigenvalue weighted by atomic mass is 79.9. The molecule has 0 amide bonds. The first-order valence-electron chi connectivity index (χ1n) is 7.33. The van der Waals surface area contributed by atoms with Crippen molar-refractivity contribution in [2.45, 2.75) is 32.9 Å². The molecule has 0 unspecified atom stereocenters. The van der Waals surface area contributed by atoms with E-state index in [0.29, 0.717) is 6.10 Å². The van der Waals surface area contributed by atoms with Gasteiger partial charge in [-0.25, -0.2) is 0 Å². The number of benzene rings is 1. The lowest BCUT2D eigenvalue weighted by Crippen LogP contribution is -2.29. The zero-order valence-corrected chi connectivity index (χ0v) is 14.4. The number of nitrogens with zero attached hydrogens (tertiary/aromatic N) is 1. The van der Waals surface area contributed by atoms with Crippen LogP contribution in [0.5, 0.6) is 0 Å². The highest BCUT2D eigenvalue weighted by molar-refractivity contribution is 9.10. The van der Waals surface area contributed by atoms with Crippen LogP contribution >= 0.6 is 15.9 Å². The Kier molecular flexibility index (Phi) is 9.10. The molecule has 4 heteroatoms. The molecule has 0 saturated carbocycles. The van der Waals surface area contributed by atoms with Crippen LogP contribution in [0, 0.1) is 0 Å². The Balaban J connectivity index is 2.04. The van der Waals surface area contributed by atoms with Gasteiger partial charge in [-0.2, -0.15) is 0 Å². The number of ether oxygens (including phenoxy) is 1. The van der Waals surface area contributed by atoms with Crippen LogP contribution in [0.4, 0.5) is 0 Å². The Bertz CT molecular complexity index is 371. The summed E-state index contributed by atoms with van der Waals surface area (Å²) in [6.45, 7) is 9.08. The van der Waals surface area contributed by atoms with E-state index in [4.69, 9.17) is 4.74 Å². The molecule has 0 spiro atoms. The lowest BCUT2D eigenvalue weighted by Gasteiger charge is -2.17. The Labute approximate surface area is 131 Å². The molecule has 1 rings (SSSR count). The van der Waals surface area contributed by atoms with E-state index in [9.17, 15) is 0 Å². The van der Waals surface area contributed by atoms with Gasteiger partial charge in [-0.15, -0.1) is 0 Å². The number of likely N-dealkylation sites (N-methyl/N-ethyl adjacent to an activating group) is 1. The van der Waals surface area contributed by atoms with Crippen molar-refractivity contribution in [1.82, 2.24) is 10.2 Å². The molecule has 1 aromatic carbocycles. The predicted octanol–water partition coefficient (Wildman–Crippen LogP) is 3.29. The molecule has 1 aromatic rings. The van der Waals surface area contributed by atoms with Gasteiger partial charge in [0, 0.05) is 30.7 Å². The highest BCUT2D eigenvalue weighted by Crippen LogP contribution is 2.12. The topological polar surface area (TPSA) is 24.5 Å². The van der Waals surface area contributed by atoms with Crippen molar-refractivity contribution in [3.05, 3.63) is 34.3 Å². The van der Waals surface area contributed by atoms with Gasteiger partial charge in [-0.1, -0.05) is 28.1 Å². The van der Waals surface area contributed by atoms with Gasteiger partial charge < -0.3 is 15.0 Å². The lowest BCUT2D eigenvalue weighted by molar-refractivity contribution is 0.0770. The van der Waals surface area contributed by atoms with Crippen molar-refractivity contribution in [3.63, 3.8) is 0 Å². The third kappa shape index (κ3) is 8.69. The summed E-state index contributed by atoms with van der Waals surface area (Å²) in [6.07, 6.45) is 1.42. The maximum absolute atomic E-state index is 5.50. The van der Waals surface area contributed by atoms with Crippen LogP contribution in [0.2, 0.25) is 0 Å². The minimum Gasteiger partial charge on any atom is -0.379 e. The molecule has 0 aliphatic rings. The standard InChI is InChI=1S/C16H27BrN2O/c1-14(2)20-11-5-8-18-9-10-19(3)13-15-6-4-7-16(17)12-15/h4,6-7,12,14,18H,5,8-11,13H2,1-3H3. The number of nitrogens with one attached hydrogen (secondary N) is 1. The fraction of sp³-hybridized carbons (Fsp3) is 0.625. The lowest BCUT2D eigenvalue weighted by atomic mass is 10.2. The molecule has 0 atom stereocenters. The second-order valence-electron chi connectivity index (χ2n) is 5.39. The van der Waals surface area contributed by atoms with Gasteiger partial charge >= 0.3 is 0 Å². The quantitative estimate of drug-likeness (QED) is 0.660. The van der Waals surface area contributed by atoms with E-state index in [1.54, 1.807) is 0 Å². The first-order chi connectivity index (χ1) is 9.58. The molecule has 0 fully saturated rings. The van der Waals surface area contributed by atoms with Crippen molar-refractivity contribution >= 4 is 15.9 Å². The van der Waals surface area contributed by atoms with Crippen molar-refractivity contribution in [2.24, 2.45) is 0 Å². The summed E-state index contributed by atoms with van der Waals surface area (Å²) in [6, 6.07) is 8.48. The summed E-state index contributed by atoms with van der Waals surface area (Å²) in [5.74, 6) is 0. The largest absolute Gasteiger partial charge is 0.379 e. The third-order valence-electron chi connectivity index (χ3n) is 2.96. The average Bonchev–Trinajstić information content (AvgIpc) is 2.37. The number of hydrogen-bond acceptors (Lipinski definition) is 3. The second-order valence-corrected chi connectivity index (χ2v) is 6.31. The van der Waals surface area contributed by atoms with Crippen molar-refractivity contribution < 1.29 is 4.74 Å². The smallest absolute Gasteiger partial charge is 0.0518 e. The van der Waals surface area contributed by atoms with E-state index >= 15 is 0 Å². The Morgan fingerprint density at radius 1 is 1.30 bits per heavy atom. The predicted molar refractivity (Wildman–Crippen MR) is 89.1 cm³/mol. The maximum atomic E-state index is 5.50. The fourth-order valence-corrected chi connectivity index (χ4v) is 2.38. The molecule has 0 aliphatic heterocycles. The molecular formula is C16H27BrN2O. The summed E-state index contributed by atoms with van der Waals surface area (Å²) >= 11 is 3.51. The van der Waals surface area contributed by atoms with E-state index in [1.807, 2.05) is 0 Å². The second kappa shape index (κ2) is 10.3. The number of hydrogen-bond donors (Lipinski definition) is 1. The van der Waals surface area contributed by atoms with E-state index in [0.717, 1.165) is 43.7 Å². The summed E-state index contributed by atoms with van der Waals surface area (Å²) in [5.41, 5.74) is 1.34. The SMILES string of the molecule is CC(C)OCCCNCCN(C)Cc1cccc(Br)c1. The van der Waals surface area contributed by atoms with Crippen LogP contribution in [0.1, 0.15) is 25.8 Å². The van der Waals surface area contributed by atoms with Crippen molar-refractivity contribution in [2.75, 3.05) is 33.3 Å². The average molecular weight is 343 g/mol. The maximum Gasteiger partial charge on any atom is 0.0518 e. The first kappa shape index (κ1) is 17.6.